The molecule has 0 spiro atoms. The van der Waals surface area contributed by atoms with Crippen molar-refractivity contribution in [1.82, 2.24) is 14.9 Å². The number of hydrogen-bond acceptors (Lipinski definition) is 6. The quantitative estimate of drug-likeness (QED) is 0.627. The normalized spacial score (nSPS) is 22.6. The van der Waals surface area contributed by atoms with Gasteiger partial charge in [0, 0.05) is 12.6 Å². The minimum absolute atomic E-state index is 0.145. The fourth-order valence-corrected chi connectivity index (χ4v) is 4.34. The summed E-state index contributed by atoms with van der Waals surface area (Å²) in [6, 6.07) is 2.13. The molecular weight excluding hydrogens is 330 g/mol. The van der Waals surface area contributed by atoms with E-state index < -0.39 is 27.9 Å². The molecule has 8 nitrogen and oxygen atoms in total. The van der Waals surface area contributed by atoms with Gasteiger partial charge in [-0.3, -0.25) is 14.5 Å². The van der Waals surface area contributed by atoms with Gasteiger partial charge in [-0.05, 0) is 24.9 Å². The van der Waals surface area contributed by atoms with E-state index in [2.05, 4.69) is 10.0 Å². The van der Waals surface area contributed by atoms with Crippen LogP contribution in [-0.2, 0) is 19.6 Å². The molecule has 1 aliphatic heterocycles. The average Bonchev–Trinajstić information content (AvgIpc) is 3.06. The lowest BCUT2D eigenvalue weighted by molar-refractivity contribution is -0.141. The average molecular weight is 347 g/mol. The van der Waals surface area contributed by atoms with E-state index in [1.54, 1.807) is 23.4 Å². The van der Waals surface area contributed by atoms with Crippen LogP contribution in [0.4, 0.5) is 0 Å². The molecule has 0 bridgehead atoms. The molecule has 2 atom stereocenters. The molecule has 1 fully saturated rings. The van der Waals surface area contributed by atoms with Gasteiger partial charge in [-0.25, -0.2) is 13.1 Å². The predicted octanol–water partition coefficient (Wildman–Crippen LogP) is -0.700. The Morgan fingerprint density at radius 2 is 2.23 bits per heavy atom. The summed E-state index contributed by atoms with van der Waals surface area (Å²) in [4.78, 5) is 24.4. The first-order chi connectivity index (χ1) is 10.3. The van der Waals surface area contributed by atoms with Crippen molar-refractivity contribution in [2.24, 2.45) is 0 Å². The van der Waals surface area contributed by atoms with Gasteiger partial charge in [0.05, 0.1) is 6.54 Å². The van der Waals surface area contributed by atoms with E-state index in [1.807, 2.05) is 0 Å². The second-order valence-corrected chi connectivity index (χ2v) is 7.99. The lowest BCUT2D eigenvalue weighted by Crippen LogP contribution is -2.42. The second kappa shape index (κ2) is 6.73. The first-order valence-corrected chi connectivity index (χ1v) is 8.91. The molecule has 1 saturated heterocycles. The van der Waals surface area contributed by atoms with Crippen LogP contribution in [0, 0.1) is 0 Å². The van der Waals surface area contributed by atoms with E-state index in [9.17, 15) is 18.0 Å². The molecule has 2 heterocycles. The van der Waals surface area contributed by atoms with Crippen molar-refractivity contribution >= 4 is 33.2 Å². The predicted molar refractivity (Wildman–Crippen MR) is 80.1 cm³/mol. The van der Waals surface area contributed by atoms with Crippen LogP contribution in [-0.4, -0.2) is 62.5 Å². The topological polar surface area (TPSA) is 116 Å². The molecule has 1 aromatic heterocycles. The van der Waals surface area contributed by atoms with Gasteiger partial charge in [-0.15, -0.1) is 11.3 Å². The van der Waals surface area contributed by atoms with Gasteiger partial charge in [0.1, 0.15) is 10.3 Å². The number of rotatable bonds is 6. The van der Waals surface area contributed by atoms with Crippen molar-refractivity contribution in [2.75, 3.05) is 20.1 Å². The highest BCUT2D eigenvalue weighted by Crippen LogP contribution is 2.16. The summed E-state index contributed by atoms with van der Waals surface area (Å²) in [5, 5.41) is 13.3. The number of likely N-dealkylation sites (N-methyl/N-ethyl adjacent to an activating group) is 1. The molecule has 1 aliphatic rings. The van der Waals surface area contributed by atoms with Crippen LogP contribution in [0.5, 0.6) is 0 Å². The molecule has 1 aromatic rings. The van der Waals surface area contributed by atoms with Gasteiger partial charge in [0.15, 0.2) is 0 Å². The van der Waals surface area contributed by atoms with E-state index in [0.29, 0.717) is 13.0 Å². The highest BCUT2D eigenvalue weighted by molar-refractivity contribution is 7.91. The van der Waals surface area contributed by atoms with Crippen LogP contribution in [0.15, 0.2) is 21.7 Å². The fourth-order valence-electron chi connectivity index (χ4n) is 2.32. The maximum absolute atomic E-state index is 11.9. The van der Waals surface area contributed by atoms with E-state index in [-0.39, 0.29) is 16.8 Å². The zero-order chi connectivity index (χ0) is 16.3. The number of amides is 1. The van der Waals surface area contributed by atoms with Crippen LogP contribution < -0.4 is 10.0 Å². The van der Waals surface area contributed by atoms with Crippen molar-refractivity contribution in [3.05, 3.63) is 17.5 Å². The summed E-state index contributed by atoms with van der Waals surface area (Å²) < 4.78 is 26.1. The molecule has 22 heavy (non-hydrogen) atoms. The standard InChI is InChI=1S/C12H17N3O5S2/c1-15-7-8(5-9(15)12(17)18)14-10(16)6-13-22(19,20)11-3-2-4-21-11/h2-4,8-9,13H,5-7H2,1H3,(H,14,16)(H,17,18)/t8-,9-/m0/s1. The maximum Gasteiger partial charge on any atom is 0.320 e. The number of carboxylic acids is 1. The highest BCUT2D eigenvalue weighted by atomic mass is 32.2. The largest absolute Gasteiger partial charge is 0.480 e. The van der Waals surface area contributed by atoms with Crippen LogP contribution in [0.3, 0.4) is 0 Å². The van der Waals surface area contributed by atoms with Gasteiger partial charge in [0.2, 0.25) is 5.91 Å². The third kappa shape index (κ3) is 4.03. The number of likely N-dealkylation sites (tertiary alicyclic amines) is 1. The smallest absolute Gasteiger partial charge is 0.320 e. The molecule has 0 aliphatic carbocycles. The third-order valence-corrected chi connectivity index (χ3v) is 6.18. The van der Waals surface area contributed by atoms with Crippen LogP contribution >= 0.6 is 11.3 Å². The summed E-state index contributed by atoms with van der Waals surface area (Å²) in [7, 11) is -2.01. The molecule has 10 heteroatoms. The number of carbonyl (C=O) groups excluding carboxylic acids is 1. The van der Waals surface area contributed by atoms with E-state index in [1.165, 1.54) is 6.07 Å². The number of sulfonamides is 1. The fraction of sp³-hybridized carbons (Fsp3) is 0.500. The number of hydrogen-bond donors (Lipinski definition) is 3. The van der Waals surface area contributed by atoms with Gasteiger partial charge >= 0.3 is 5.97 Å². The summed E-state index contributed by atoms with van der Waals surface area (Å²) in [6.07, 6.45) is 0.301. The van der Waals surface area contributed by atoms with Crippen molar-refractivity contribution in [2.45, 2.75) is 22.7 Å². The first kappa shape index (κ1) is 16.9. The Bertz CT molecular complexity index is 644. The Morgan fingerprint density at radius 3 is 2.77 bits per heavy atom. The van der Waals surface area contributed by atoms with Crippen molar-refractivity contribution < 1.29 is 23.1 Å². The lowest BCUT2D eigenvalue weighted by Gasteiger charge is -2.13. The molecular formula is C12H17N3O5S2. The second-order valence-electron chi connectivity index (χ2n) is 5.05. The molecule has 0 aromatic carbocycles. The number of aliphatic carboxylic acids is 1. The number of nitrogens with zero attached hydrogens (tertiary/aromatic N) is 1. The Kier molecular flexibility index (Phi) is 5.16. The number of carbonyl (C=O) groups is 2. The number of nitrogens with one attached hydrogen (secondary N) is 2. The molecule has 2 rings (SSSR count). The summed E-state index contributed by atoms with van der Waals surface area (Å²) in [6.45, 7) is 0.0402. The van der Waals surface area contributed by atoms with Gasteiger partial charge in [-0.2, -0.15) is 0 Å². The molecule has 0 radical (unpaired) electrons. The van der Waals surface area contributed by atoms with E-state index >= 15 is 0 Å². The summed E-state index contributed by atoms with van der Waals surface area (Å²) in [5.74, 6) is -1.41. The summed E-state index contributed by atoms with van der Waals surface area (Å²) >= 11 is 1.06. The van der Waals surface area contributed by atoms with E-state index in [4.69, 9.17) is 5.11 Å². The zero-order valence-corrected chi connectivity index (χ0v) is 13.5. The van der Waals surface area contributed by atoms with Crippen LogP contribution in [0.1, 0.15) is 6.42 Å². The Morgan fingerprint density at radius 1 is 1.50 bits per heavy atom. The summed E-state index contributed by atoms with van der Waals surface area (Å²) in [5.41, 5.74) is 0. The monoisotopic (exact) mass is 347 g/mol. The van der Waals surface area contributed by atoms with Gasteiger partial charge < -0.3 is 10.4 Å². The zero-order valence-electron chi connectivity index (χ0n) is 11.9. The number of carboxylic acid groups (broad SMARTS) is 1. The Hall–Kier alpha value is -1.49. The molecule has 1 amide bonds. The maximum atomic E-state index is 11.9. The van der Waals surface area contributed by atoms with Crippen molar-refractivity contribution in [1.29, 1.82) is 0 Å². The van der Waals surface area contributed by atoms with Gasteiger partial charge in [-0.1, -0.05) is 6.07 Å². The lowest BCUT2D eigenvalue weighted by atomic mass is 10.2. The Labute approximate surface area is 132 Å². The minimum atomic E-state index is -3.68. The molecule has 0 unspecified atom stereocenters. The molecule has 122 valence electrons. The van der Waals surface area contributed by atoms with Crippen LogP contribution in [0.25, 0.3) is 0 Å². The van der Waals surface area contributed by atoms with Gasteiger partial charge in [0.25, 0.3) is 10.0 Å². The Balaban J connectivity index is 1.83. The van der Waals surface area contributed by atoms with Crippen molar-refractivity contribution in [3.63, 3.8) is 0 Å². The van der Waals surface area contributed by atoms with E-state index in [0.717, 1.165) is 11.3 Å². The van der Waals surface area contributed by atoms with Crippen molar-refractivity contribution in [3.8, 4) is 0 Å². The highest BCUT2D eigenvalue weighted by Gasteiger charge is 2.35. The molecule has 3 N–H and O–H groups in total. The van der Waals surface area contributed by atoms with Crippen LogP contribution in [0.2, 0.25) is 0 Å². The molecule has 0 saturated carbocycles. The minimum Gasteiger partial charge on any atom is -0.480 e. The number of thiophene rings is 1. The first-order valence-electron chi connectivity index (χ1n) is 6.55. The third-order valence-electron chi connectivity index (χ3n) is 3.38. The SMILES string of the molecule is CN1C[C@@H](NC(=O)CNS(=O)(=O)c2cccs2)C[C@H]1C(=O)O.